The fourth-order valence-electron chi connectivity index (χ4n) is 2.62. The van der Waals surface area contributed by atoms with Crippen LogP contribution in [0.2, 0.25) is 0 Å². The Bertz CT molecular complexity index is 782. The molecule has 3 rings (SSSR count). The summed E-state index contributed by atoms with van der Waals surface area (Å²) >= 11 is 0. The first-order valence-corrected chi connectivity index (χ1v) is 6.32. The molecule has 1 atom stereocenters. The van der Waals surface area contributed by atoms with E-state index in [1.165, 1.54) is 11.6 Å². The molecule has 0 aromatic carbocycles. The zero-order chi connectivity index (χ0) is 13.9. The Morgan fingerprint density at radius 3 is 2.53 bits per heavy atom. The van der Waals surface area contributed by atoms with E-state index in [4.69, 9.17) is 0 Å². The molecule has 3 heterocycles. The maximum atomic E-state index is 12.3. The van der Waals surface area contributed by atoms with Gasteiger partial charge in [0.05, 0.1) is 0 Å². The van der Waals surface area contributed by atoms with Gasteiger partial charge in [-0.3, -0.25) is 13.9 Å². The van der Waals surface area contributed by atoms with Gasteiger partial charge < -0.3 is 9.47 Å². The SMILES string of the molecule is CC1CCn2c(nc3c2c(=O)n(C)c(=O)n3C)N1C. The lowest BCUT2D eigenvalue weighted by Gasteiger charge is -2.31. The predicted octanol–water partition coefficient (Wildman–Crippen LogP) is -0.338. The molecule has 0 amide bonds. The van der Waals surface area contributed by atoms with Gasteiger partial charge in [0.25, 0.3) is 5.56 Å². The summed E-state index contributed by atoms with van der Waals surface area (Å²) in [6.45, 7) is 2.88. The van der Waals surface area contributed by atoms with Gasteiger partial charge in [-0.2, -0.15) is 4.98 Å². The standard InChI is InChI=1S/C12H17N5O2/c1-7-5-6-17-8-9(13-11(17)14(7)2)15(3)12(19)16(4)10(8)18/h7H,5-6H2,1-4H3. The zero-order valence-electron chi connectivity index (χ0n) is 11.5. The van der Waals surface area contributed by atoms with Crippen molar-refractivity contribution in [1.29, 1.82) is 0 Å². The van der Waals surface area contributed by atoms with Gasteiger partial charge in [-0.25, -0.2) is 4.79 Å². The molecular formula is C12H17N5O2. The number of anilines is 1. The van der Waals surface area contributed by atoms with Crippen molar-refractivity contribution in [1.82, 2.24) is 18.7 Å². The lowest BCUT2D eigenvalue weighted by atomic mass is 10.2. The highest BCUT2D eigenvalue weighted by Gasteiger charge is 2.26. The molecule has 0 bridgehead atoms. The molecule has 0 saturated carbocycles. The normalized spacial score (nSPS) is 18.9. The molecule has 1 aliphatic heterocycles. The number of hydrogen-bond acceptors (Lipinski definition) is 4. The molecule has 102 valence electrons. The smallest absolute Gasteiger partial charge is 0.332 e. The molecule has 0 saturated heterocycles. The van der Waals surface area contributed by atoms with Crippen LogP contribution < -0.4 is 16.1 Å². The van der Waals surface area contributed by atoms with Crippen LogP contribution in [-0.2, 0) is 20.6 Å². The Hall–Kier alpha value is -2.05. The summed E-state index contributed by atoms with van der Waals surface area (Å²) in [5.41, 5.74) is 0.353. The summed E-state index contributed by atoms with van der Waals surface area (Å²) in [4.78, 5) is 30.8. The van der Waals surface area contributed by atoms with E-state index in [9.17, 15) is 9.59 Å². The summed E-state index contributed by atoms with van der Waals surface area (Å²) in [7, 11) is 5.11. The first-order chi connectivity index (χ1) is 8.93. The second-order valence-electron chi connectivity index (χ2n) is 5.19. The number of nitrogens with zero attached hydrogens (tertiary/aromatic N) is 5. The van der Waals surface area contributed by atoms with Gasteiger partial charge >= 0.3 is 5.69 Å². The molecule has 19 heavy (non-hydrogen) atoms. The van der Waals surface area contributed by atoms with Crippen molar-refractivity contribution < 1.29 is 0 Å². The van der Waals surface area contributed by atoms with Crippen LogP contribution in [0.25, 0.3) is 11.2 Å². The van der Waals surface area contributed by atoms with Crippen LogP contribution in [0.3, 0.4) is 0 Å². The largest absolute Gasteiger partial charge is 0.342 e. The van der Waals surface area contributed by atoms with Crippen molar-refractivity contribution in [2.24, 2.45) is 14.1 Å². The van der Waals surface area contributed by atoms with Gasteiger partial charge in [-0.05, 0) is 13.3 Å². The minimum Gasteiger partial charge on any atom is -0.342 e. The van der Waals surface area contributed by atoms with E-state index in [1.807, 2.05) is 16.5 Å². The van der Waals surface area contributed by atoms with Crippen molar-refractivity contribution >= 4 is 17.1 Å². The maximum Gasteiger partial charge on any atom is 0.332 e. The van der Waals surface area contributed by atoms with E-state index in [0.717, 1.165) is 23.5 Å². The third kappa shape index (κ3) is 1.41. The van der Waals surface area contributed by atoms with Crippen LogP contribution in [0.4, 0.5) is 5.95 Å². The van der Waals surface area contributed by atoms with Crippen molar-refractivity contribution in [3.05, 3.63) is 20.8 Å². The highest BCUT2D eigenvalue weighted by Crippen LogP contribution is 2.25. The van der Waals surface area contributed by atoms with Gasteiger partial charge in [-0.1, -0.05) is 0 Å². The Balaban J connectivity index is 2.48. The minimum atomic E-state index is -0.344. The number of fused-ring (bicyclic) bond motifs is 3. The van der Waals surface area contributed by atoms with Crippen LogP contribution in [0.15, 0.2) is 9.59 Å². The molecular weight excluding hydrogens is 246 g/mol. The average Bonchev–Trinajstić information content (AvgIpc) is 2.78. The molecule has 1 aliphatic rings. The summed E-state index contributed by atoms with van der Waals surface area (Å²) in [6, 6.07) is 0.380. The number of aromatic nitrogens is 4. The third-order valence-corrected chi connectivity index (χ3v) is 4.07. The van der Waals surface area contributed by atoms with Crippen LogP contribution in [0.5, 0.6) is 0 Å². The van der Waals surface area contributed by atoms with E-state index in [-0.39, 0.29) is 11.2 Å². The quantitative estimate of drug-likeness (QED) is 0.652. The number of hydrogen-bond donors (Lipinski definition) is 0. The molecule has 0 aliphatic carbocycles. The lowest BCUT2D eigenvalue weighted by Crippen LogP contribution is -2.39. The van der Waals surface area contributed by atoms with Crippen molar-refractivity contribution in [2.45, 2.75) is 25.9 Å². The van der Waals surface area contributed by atoms with Crippen molar-refractivity contribution in [2.75, 3.05) is 11.9 Å². The summed E-state index contributed by atoms with van der Waals surface area (Å²) in [6.07, 6.45) is 0.959. The molecule has 7 nitrogen and oxygen atoms in total. The number of rotatable bonds is 0. The monoisotopic (exact) mass is 263 g/mol. The van der Waals surface area contributed by atoms with Crippen LogP contribution >= 0.6 is 0 Å². The first kappa shape index (κ1) is 12.0. The lowest BCUT2D eigenvalue weighted by molar-refractivity contribution is 0.500. The fraction of sp³-hybridized carbons (Fsp3) is 0.583. The Labute approximate surface area is 109 Å². The first-order valence-electron chi connectivity index (χ1n) is 6.32. The zero-order valence-corrected chi connectivity index (χ0v) is 11.5. The maximum absolute atomic E-state index is 12.3. The van der Waals surface area contributed by atoms with E-state index < -0.39 is 0 Å². The van der Waals surface area contributed by atoms with E-state index in [1.54, 1.807) is 7.05 Å². The fourth-order valence-corrected chi connectivity index (χ4v) is 2.62. The topological polar surface area (TPSA) is 65.1 Å². The van der Waals surface area contributed by atoms with E-state index in [2.05, 4.69) is 11.9 Å². The Morgan fingerprint density at radius 2 is 1.84 bits per heavy atom. The van der Waals surface area contributed by atoms with Gasteiger partial charge in [0.1, 0.15) is 0 Å². The highest BCUT2D eigenvalue weighted by atomic mass is 16.2. The second kappa shape index (κ2) is 3.72. The molecule has 2 aromatic rings. The highest BCUT2D eigenvalue weighted by molar-refractivity contribution is 5.74. The predicted molar refractivity (Wildman–Crippen MR) is 72.7 cm³/mol. The van der Waals surface area contributed by atoms with Gasteiger partial charge in [0, 0.05) is 33.7 Å². The molecule has 1 unspecified atom stereocenters. The van der Waals surface area contributed by atoms with Crippen LogP contribution in [-0.4, -0.2) is 31.8 Å². The molecule has 0 N–H and O–H groups in total. The van der Waals surface area contributed by atoms with Crippen LogP contribution in [0.1, 0.15) is 13.3 Å². The molecule has 0 radical (unpaired) electrons. The van der Waals surface area contributed by atoms with Crippen molar-refractivity contribution in [3.8, 4) is 0 Å². The van der Waals surface area contributed by atoms with Crippen molar-refractivity contribution in [3.63, 3.8) is 0 Å². The molecule has 0 spiro atoms. The van der Waals surface area contributed by atoms with E-state index >= 15 is 0 Å². The minimum absolute atomic E-state index is 0.278. The number of imidazole rings is 1. The Morgan fingerprint density at radius 1 is 1.16 bits per heavy atom. The van der Waals surface area contributed by atoms with Gasteiger partial charge in [0.15, 0.2) is 11.2 Å². The van der Waals surface area contributed by atoms with Crippen LogP contribution in [0, 0.1) is 0 Å². The summed E-state index contributed by atoms with van der Waals surface area (Å²) in [5, 5.41) is 0. The summed E-state index contributed by atoms with van der Waals surface area (Å²) in [5.74, 6) is 0.757. The number of aryl methyl sites for hydroxylation is 2. The van der Waals surface area contributed by atoms with Gasteiger partial charge in [-0.15, -0.1) is 0 Å². The average molecular weight is 263 g/mol. The second-order valence-corrected chi connectivity index (χ2v) is 5.19. The van der Waals surface area contributed by atoms with E-state index in [0.29, 0.717) is 17.2 Å². The summed E-state index contributed by atoms with van der Waals surface area (Å²) < 4.78 is 4.48. The van der Waals surface area contributed by atoms with Gasteiger partial charge in [0.2, 0.25) is 5.95 Å². The Kier molecular flexibility index (Phi) is 2.35. The third-order valence-electron chi connectivity index (χ3n) is 4.07. The molecule has 0 fully saturated rings. The molecule has 2 aromatic heterocycles. The molecule has 7 heteroatoms.